The Balaban J connectivity index is 1.37. The first-order chi connectivity index (χ1) is 15.9. The number of nitrogens with zero attached hydrogens (tertiary/aromatic N) is 6. The van der Waals surface area contributed by atoms with Gasteiger partial charge in [0.05, 0.1) is 10.7 Å². The summed E-state index contributed by atoms with van der Waals surface area (Å²) >= 11 is 7.65. The maximum atomic E-state index is 9.80. The van der Waals surface area contributed by atoms with E-state index in [1.807, 2.05) is 19.2 Å². The minimum atomic E-state index is -0.0257. The number of nitrogen functional groups attached to an aromatic ring is 1. The average Bonchev–Trinajstić information content (AvgIpc) is 3.09. The van der Waals surface area contributed by atoms with Crippen LogP contribution in [-0.2, 0) is 6.42 Å². The van der Waals surface area contributed by atoms with Gasteiger partial charge in [0.15, 0.2) is 17.3 Å². The van der Waals surface area contributed by atoms with Crippen LogP contribution in [0.1, 0.15) is 41.5 Å². The van der Waals surface area contributed by atoms with Crippen LogP contribution >= 0.6 is 23.4 Å². The average molecular weight is 479 g/mol. The number of aromatic nitrogens is 4. The van der Waals surface area contributed by atoms with Crippen LogP contribution < -0.4 is 16.4 Å². The third kappa shape index (κ3) is 3.78. The van der Waals surface area contributed by atoms with Crippen LogP contribution in [-0.4, -0.2) is 33.0 Å². The lowest BCUT2D eigenvalue weighted by atomic mass is 9.73. The van der Waals surface area contributed by atoms with Crippen molar-refractivity contribution in [3.63, 3.8) is 0 Å². The Hall–Kier alpha value is -2.93. The molecule has 1 saturated heterocycles. The minimum absolute atomic E-state index is 0.00921. The summed E-state index contributed by atoms with van der Waals surface area (Å²) in [6.45, 7) is 3.29. The number of halogens is 1. The van der Waals surface area contributed by atoms with E-state index in [1.165, 1.54) is 11.8 Å². The zero-order valence-electron chi connectivity index (χ0n) is 18.1. The lowest BCUT2D eigenvalue weighted by Crippen LogP contribution is -2.45. The zero-order chi connectivity index (χ0) is 23.2. The molecule has 1 aliphatic carbocycles. The monoisotopic (exact) mass is 478 g/mol. The molecule has 4 N–H and O–H groups in total. The summed E-state index contributed by atoms with van der Waals surface area (Å²) in [5.41, 5.74) is 16.1. The van der Waals surface area contributed by atoms with Crippen molar-refractivity contribution in [1.82, 2.24) is 19.9 Å². The molecule has 8 nitrogen and oxygen atoms in total. The molecule has 0 amide bonds. The fraction of sp³-hybridized carbons (Fsp3) is 0.348. The Kier molecular flexibility index (Phi) is 5.60. The number of hydrogen-bond acceptors (Lipinski definition) is 9. The van der Waals surface area contributed by atoms with Gasteiger partial charge in [0.1, 0.15) is 11.1 Å². The summed E-state index contributed by atoms with van der Waals surface area (Å²) in [4.78, 5) is 20.7. The van der Waals surface area contributed by atoms with Crippen LogP contribution in [0.15, 0.2) is 40.5 Å². The summed E-state index contributed by atoms with van der Waals surface area (Å²) < 4.78 is 0. The number of piperidine rings is 1. The fourth-order valence-electron chi connectivity index (χ4n) is 4.81. The number of nitrogens with two attached hydrogens (primary N) is 2. The number of rotatable bonds is 3. The number of fused-ring (bicyclic) bond motifs is 1. The Labute approximate surface area is 201 Å². The molecule has 0 radical (unpaired) electrons. The van der Waals surface area contributed by atoms with E-state index in [0.717, 1.165) is 54.2 Å². The standard InChI is InChI=1S/C23H23ClN8S/c1-13-18(24)17(4-8-28-13)33-22-20(27)31-21(16(12-25)30-22)32-9-5-23(6-10-32)11-15-14(19(23)26)3-2-7-29-15/h2-4,7-8,19H,5-6,9-11,26H2,1H3,(H2,27,31)/t19-/m1/s1. The molecule has 4 heterocycles. The third-order valence-electron chi connectivity index (χ3n) is 6.71. The number of hydrogen-bond donors (Lipinski definition) is 2. The SMILES string of the molecule is Cc1nccc(Sc2nc(C#N)c(N3CCC4(CC3)Cc3ncccc3[C@H]4N)nc2N)c1Cl. The predicted octanol–water partition coefficient (Wildman–Crippen LogP) is 3.68. The van der Waals surface area contributed by atoms with Crippen molar-refractivity contribution in [3.8, 4) is 6.07 Å². The highest BCUT2D eigenvalue weighted by atomic mass is 35.5. The van der Waals surface area contributed by atoms with Gasteiger partial charge in [-0.25, -0.2) is 9.97 Å². The van der Waals surface area contributed by atoms with Gasteiger partial charge in [-0.3, -0.25) is 9.97 Å². The van der Waals surface area contributed by atoms with Gasteiger partial charge in [0, 0.05) is 42.1 Å². The first kappa shape index (κ1) is 21.9. The van der Waals surface area contributed by atoms with E-state index in [4.69, 9.17) is 23.1 Å². The van der Waals surface area contributed by atoms with Gasteiger partial charge in [-0.2, -0.15) is 5.26 Å². The highest BCUT2D eigenvalue weighted by Crippen LogP contribution is 2.50. The first-order valence-electron chi connectivity index (χ1n) is 10.7. The van der Waals surface area contributed by atoms with Gasteiger partial charge in [-0.05, 0) is 49.3 Å². The van der Waals surface area contributed by atoms with Crippen LogP contribution in [0.2, 0.25) is 5.02 Å². The minimum Gasteiger partial charge on any atom is -0.381 e. The highest BCUT2D eigenvalue weighted by Gasteiger charge is 2.46. The second kappa shape index (κ2) is 8.45. The van der Waals surface area contributed by atoms with Crippen molar-refractivity contribution < 1.29 is 0 Å². The topological polar surface area (TPSA) is 131 Å². The van der Waals surface area contributed by atoms with Crippen molar-refractivity contribution in [2.24, 2.45) is 11.1 Å². The Bertz CT molecular complexity index is 1270. The molecule has 33 heavy (non-hydrogen) atoms. The van der Waals surface area contributed by atoms with Gasteiger partial charge in [-0.1, -0.05) is 29.4 Å². The summed E-state index contributed by atoms with van der Waals surface area (Å²) in [5, 5.41) is 10.8. The number of anilines is 2. The second-order valence-electron chi connectivity index (χ2n) is 8.55. The maximum absolute atomic E-state index is 9.80. The molecule has 1 spiro atoms. The molecule has 1 aliphatic heterocycles. The van der Waals surface area contributed by atoms with E-state index in [-0.39, 0.29) is 23.0 Å². The lowest BCUT2D eigenvalue weighted by Gasteiger charge is -2.42. The van der Waals surface area contributed by atoms with Crippen LogP contribution in [0.25, 0.3) is 0 Å². The molecular formula is C23H23ClN8S. The van der Waals surface area contributed by atoms with Gasteiger partial charge in [-0.15, -0.1) is 0 Å². The maximum Gasteiger partial charge on any atom is 0.184 e. The Morgan fingerprint density at radius 1 is 1.21 bits per heavy atom. The summed E-state index contributed by atoms with van der Waals surface area (Å²) in [6, 6.07) is 7.99. The molecule has 0 saturated carbocycles. The number of pyridine rings is 2. The number of nitriles is 1. The van der Waals surface area contributed by atoms with E-state index in [0.29, 0.717) is 15.9 Å². The van der Waals surface area contributed by atoms with Gasteiger partial charge in [0.2, 0.25) is 0 Å². The summed E-state index contributed by atoms with van der Waals surface area (Å²) in [5.74, 6) is 0.794. The predicted molar refractivity (Wildman–Crippen MR) is 128 cm³/mol. The molecule has 0 unspecified atom stereocenters. The molecule has 0 aromatic carbocycles. The first-order valence-corrected chi connectivity index (χ1v) is 11.9. The molecule has 5 rings (SSSR count). The molecule has 1 atom stereocenters. The van der Waals surface area contributed by atoms with Crippen molar-refractivity contribution in [2.75, 3.05) is 23.7 Å². The molecule has 2 aliphatic rings. The molecular weight excluding hydrogens is 456 g/mol. The smallest absolute Gasteiger partial charge is 0.184 e. The van der Waals surface area contributed by atoms with Crippen LogP contribution in [0.3, 0.4) is 0 Å². The van der Waals surface area contributed by atoms with Gasteiger partial charge < -0.3 is 16.4 Å². The largest absolute Gasteiger partial charge is 0.381 e. The molecule has 1 fully saturated rings. The van der Waals surface area contributed by atoms with E-state index >= 15 is 0 Å². The molecule has 10 heteroatoms. The third-order valence-corrected chi connectivity index (χ3v) is 8.35. The van der Waals surface area contributed by atoms with E-state index < -0.39 is 0 Å². The number of aryl methyl sites for hydroxylation is 1. The Morgan fingerprint density at radius 3 is 2.73 bits per heavy atom. The van der Waals surface area contributed by atoms with Crippen molar-refractivity contribution in [3.05, 3.63) is 58.3 Å². The van der Waals surface area contributed by atoms with Gasteiger partial charge >= 0.3 is 0 Å². The molecule has 3 aromatic rings. The van der Waals surface area contributed by atoms with Crippen molar-refractivity contribution >= 4 is 35.0 Å². The fourth-order valence-corrected chi connectivity index (χ4v) is 5.90. The summed E-state index contributed by atoms with van der Waals surface area (Å²) in [7, 11) is 0. The van der Waals surface area contributed by atoms with Crippen LogP contribution in [0, 0.1) is 23.7 Å². The zero-order valence-corrected chi connectivity index (χ0v) is 19.7. The molecule has 0 bridgehead atoms. The van der Waals surface area contributed by atoms with E-state index in [9.17, 15) is 5.26 Å². The normalized spacial score (nSPS) is 18.8. The molecule has 168 valence electrons. The van der Waals surface area contributed by atoms with E-state index in [1.54, 1.807) is 12.3 Å². The van der Waals surface area contributed by atoms with Crippen LogP contribution in [0.4, 0.5) is 11.6 Å². The highest BCUT2D eigenvalue weighted by molar-refractivity contribution is 7.99. The lowest BCUT2D eigenvalue weighted by molar-refractivity contribution is 0.186. The Morgan fingerprint density at radius 2 is 2.00 bits per heavy atom. The quantitative estimate of drug-likeness (QED) is 0.578. The van der Waals surface area contributed by atoms with Gasteiger partial charge in [0.25, 0.3) is 0 Å². The van der Waals surface area contributed by atoms with Crippen molar-refractivity contribution in [1.29, 1.82) is 5.26 Å². The van der Waals surface area contributed by atoms with Crippen LogP contribution in [0.5, 0.6) is 0 Å². The second-order valence-corrected chi connectivity index (χ2v) is 9.96. The molecule has 3 aromatic heterocycles. The van der Waals surface area contributed by atoms with Crippen molar-refractivity contribution in [2.45, 2.75) is 42.1 Å². The summed E-state index contributed by atoms with van der Waals surface area (Å²) in [6.07, 6.45) is 6.17. The van der Waals surface area contributed by atoms with E-state index in [2.05, 4.69) is 37.0 Å².